The Bertz CT molecular complexity index is 988. The monoisotopic (exact) mass is 392 g/mol. The highest BCUT2D eigenvalue weighted by atomic mass is 16.5. The Morgan fingerprint density at radius 3 is 2.38 bits per heavy atom. The smallest absolute Gasteiger partial charge is 0.337 e. The number of ether oxygens (including phenoxy) is 2. The summed E-state index contributed by atoms with van der Waals surface area (Å²) < 4.78 is 10.2. The van der Waals surface area contributed by atoms with Crippen LogP contribution in [-0.2, 0) is 4.74 Å². The summed E-state index contributed by atoms with van der Waals surface area (Å²) in [5.74, 6) is 0.331. The van der Waals surface area contributed by atoms with E-state index in [-0.39, 0.29) is 5.69 Å². The highest BCUT2D eigenvalue weighted by Gasteiger charge is 2.11. The molecule has 3 aromatic rings. The minimum atomic E-state index is -0.442. The predicted octanol–water partition coefficient (Wildman–Crippen LogP) is 3.66. The first kappa shape index (κ1) is 19.8. The Labute approximate surface area is 167 Å². The van der Waals surface area contributed by atoms with E-state index in [9.17, 15) is 9.59 Å². The second kappa shape index (κ2) is 9.32. The fourth-order valence-electron chi connectivity index (χ4n) is 2.51. The predicted molar refractivity (Wildman–Crippen MR) is 109 cm³/mol. The molecule has 0 aliphatic carbocycles. The van der Waals surface area contributed by atoms with E-state index < -0.39 is 11.9 Å². The summed E-state index contributed by atoms with van der Waals surface area (Å²) in [4.78, 5) is 23.8. The summed E-state index contributed by atoms with van der Waals surface area (Å²) in [6.07, 6.45) is 0. The zero-order valence-electron chi connectivity index (χ0n) is 16.0. The minimum Gasteiger partial charge on any atom is -0.492 e. The topological polar surface area (TPSA) is 102 Å². The summed E-state index contributed by atoms with van der Waals surface area (Å²) in [5.41, 5.74) is 1.84. The van der Waals surface area contributed by atoms with E-state index >= 15 is 0 Å². The van der Waals surface area contributed by atoms with Gasteiger partial charge < -0.3 is 20.1 Å². The van der Waals surface area contributed by atoms with Crippen molar-refractivity contribution >= 4 is 29.1 Å². The van der Waals surface area contributed by atoms with Gasteiger partial charge in [0, 0.05) is 5.69 Å². The first-order chi connectivity index (χ1) is 14.1. The molecule has 0 saturated heterocycles. The van der Waals surface area contributed by atoms with Crippen LogP contribution in [0.15, 0.2) is 60.7 Å². The Kier molecular flexibility index (Phi) is 6.36. The van der Waals surface area contributed by atoms with Crippen LogP contribution in [0.1, 0.15) is 27.8 Å². The van der Waals surface area contributed by atoms with Crippen molar-refractivity contribution in [3.8, 4) is 5.75 Å². The third-order valence-electron chi connectivity index (χ3n) is 3.91. The Balaban J connectivity index is 1.65. The molecule has 2 aromatic carbocycles. The second-order valence-corrected chi connectivity index (χ2v) is 5.88. The molecular formula is C21H20N4O4. The zero-order chi connectivity index (χ0) is 20.6. The van der Waals surface area contributed by atoms with Crippen molar-refractivity contribution in [3.05, 3.63) is 71.9 Å². The molecule has 8 heteroatoms. The Morgan fingerprint density at radius 1 is 0.966 bits per heavy atom. The summed E-state index contributed by atoms with van der Waals surface area (Å²) in [6.45, 7) is 2.46. The largest absolute Gasteiger partial charge is 0.492 e. The van der Waals surface area contributed by atoms with E-state index in [0.717, 1.165) is 5.69 Å². The highest BCUT2D eigenvalue weighted by molar-refractivity contribution is 6.03. The molecule has 29 heavy (non-hydrogen) atoms. The lowest BCUT2D eigenvalue weighted by Crippen LogP contribution is -2.14. The molecule has 0 aliphatic heterocycles. The van der Waals surface area contributed by atoms with E-state index in [1.807, 2.05) is 31.2 Å². The maximum Gasteiger partial charge on any atom is 0.337 e. The zero-order valence-corrected chi connectivity index (χ0v) is 16.0. The van der Waals surface area contributed by atoms with Crippen LogP contribution < -0.4 is 15.4 Å². The average Bonchev–Trinajstić information content (AvgIpc) is 2.76. The second-order valence-electron chi connectivity index (χ2n) is 5.88. The molecule has 0 saturated carbocycles. The van der Waals surface area contributed by atoms with Crippen molar-refractivity contribution in [2.24, 2.45) is 0 Å². The van der Waals surface area contributed by atoms with E-state index in [1.165, 1.54) is 7.11 Å². The molecule has 8 nitrogen and oxygen atoms in total. The SMILES string of the molecule is CCOc1ccccc1Nc1ccc(C(=O)Nc2ccc(C(=O)OC)cc2)nn1. The molecule has 0 aliphatic rings. The molecule has 2 N–H and O–H groups in total. The number of hydrogen-bond donors (Lipinski definition) is 2. The Hall–Kier alpha value is -3.94. The molecule has 1 heterocycles. The van der Waals surface area contributed by atoms with Crippen LogP contribution in [0.2, 0.25) is 0 Å². The van der Waals surface area contributed by atoms with Gasteiger partial charge in [0.15, 0.2) is 11.5 Å². The standard InChI is InChI=1S/C21H20N4O4/c1-3-29-18-7-5-4-6-16(18)23-19-13-12-17(24-25-19)20(26)22-15-10-8-14(9-11-15)21(27)28-2/h4-13H,3H2,1-2H3,(H,22,26)(H,23,25). The van der Waals surface area contributed by atoms with Crippen molar-refractivity contribution in [1.82, 2.24) is 10.2 Å². The molecule has 148 valence electrons. The quantitative estimate of drug-likeness (QED) is 0.592. The van der Waals surface area contributed by atoms with Crippen LogP contribution in [0, 0.1) is 0 Å². The molecule has 0 fully saturated rings. The minimum absolute atomic E-state index is 0.158. The van der Waals surface area contributed by atoms with Crippen LogP contribution in [-0.4, -0.2) is 35.8 Å². The van der Waals surface area contributed by atoms with E-state index in [4.69, 9.17) is 4.74 Å². The lowest BCUT2D eigenvalue weighted by Gasteiger charge is -2.11. The molecule has 0 bridgehead atoms. The van der Waals surface area contributed by atoms with Gasteiger partial charge >= 0.3 is 5.97 Å². The van der Waals surface area contributed by atoms with Crippen LogP contribution in [0.5, 0.6) is 5.75 Å². The van der Waals surface area contributed by atoms with Crippen LogP contribution in [0.25, 0.3) is 0 Å². The lowest BCUT2D eigenvalue weighted by atomic mass is 10.2. The van der Waals surface area contributed by atoms with E-state index in [2.05, 4.69) is 25.6 Å². The number of nitrogens with zero attached hydrogens (tertiary/aromatic N) is 2. The Morgan fingerprint density at radius 2 is 1.72 bits per heavy atom. The fraction of sp³-hybridized carbons (Fsp3) is 0.143. The van der Waals surface area contributed by atoms with Gasteiger partial charge in [0.05, 0.1) is 25.0 Å². The highest BCUT2D eigenvalue weighted by Crippen LogP contribution is 2.26. The summed E-state index contributed by atoms with van der Waals surface area (Å²) in [5, 5.41) is 13.8. The summed E-state index contributed by atoms with van der Waals surface area (Å²) >= 11 is 0. The number of aromatic nitrogens is 2. The number of hydrogen-bond acceptors (Lipinski definition) is 7. The normalized spacial score (nSPS) is 10.1. The van der Waals surface area contributed by atoms with Gasteiger partial charge in [-0.2, -0.15) is 0 Å². The molecule has 3 rings (SSSR count). The number of esters is 1. The number of benzene rings is 2. The van der Waals surface area contributed by atoms with Crippen LogP contribution in [0.3, 0.4) is 0 Å². The van der Waals surface area contributed by atoms with Gasteiger partial charge in [0.1, 0.15) is 5.75 Å². The van der Waals surface area contributed by atoms with Crippen molar-refractivity contribution in [1.29, 1.82) is 0 Å². The lowest BCUT2D eigenvalue weighted by molar-refractivity contribution is 0.0600. The van der Waals surface area contributed by atoms with Crippen molar-refractivity contribution in [3.63, 3.8) is 0 Å². The maximum absolute atomic E-state index is 12.4. The number of nitrogens with one attached hydrogen (secondary N) is 2. The summed E-state index contributed by atoms with van der Waals surface area (Å²) in [7, 11) is 1.31. The van der Waals surface area contributed by atoms with Gasteiger partial charge in [-0.25, -0.2) is 4.79 Å². The number of anilines is 3. The van der Waals surface area contributed by atoms with Crippen LogP contribution >= 0.6 is 0 Å². The van der Waals surface area contributed by atoms with Gasteiger partial charge in [-0.3, -0.25) is 4.79 Å². The number of carbonyl (C=O) groups is 2. The average molecular weight is 392 g/mol. The first-order valence-corrected chi connectivity index (χ1v) is 8.93. The summed E-state index contributed by atoms with van der Waals surface area (Å²) in [6, 6.07) is 17.1. The van der Waals surface area contributed by atoms with Gasteiger partial charge in [-0.05, 0) is 55.5 Å². The molecule has 0 spiro atoms. The molecule has 0 atom stereocenters. The molecular weight excluding hydrogens is 372 g/mol. The number of amides is 1. The number of rotatable bonds is 7. The number of carbonyl (C=O) groups excluding carboxylic acids is 2. The van der Waals surface area contributed by atoms with Crippen molar-refractivity contribution in [2.75, 3.05) is 24.4 Å². The van der Waals surface area contributed by atoms with Crippen LogP contribution in [0.4, 0.5) is 17.2 Å². The van der Waals surface area contributed by atoms with Gasteiger partial charge in [0.25, 0.3) is 5.91 Å². The molecule has 0 radical (unpaired) electrons. The van der Waals surface area contributed by atoms with E-state index in [1.54, 1.807) is 36.4 Å². The maximum atomic E-state index is 12.4. The van der Waals surface area contributed by atoms with Crippen molar-refractivity contribution < 1.29 is 19.1 Å². The molecule has 0 unspecified atom stereocenters. The van der Waals surface area contributed by atoms with Gasteiger partial charge in [0.2, 0.25) is 0 Å². The first-order valence-electron chi connectivity index (χ1n) is 8.93. The third-order valence-corrected chi connectivity index (χ3v) is 3.91. The van der Waals surface area contributed by atoms with Crippen molar-refractivity contribution in [2.45, 2.75) is 6.92 Å². The van der Waals surface area contributed by atoms with Gasteiger partial charge in [-0.1, -0.05) is 12.1 Å². The molecule has 1 aromatic heterocycles. The third kappa shape index (κ3) is 5.07. The fourth-order valence-corrected chi connectivity index (χ4v) is 2.51. The number of para-hydroxylation sites is 2. The molecule has 1 amide bonds. The number of methoxy groups -OCH3 is 1. The van der Waals surface area contributed by atoms with E-state index in [0.29, 0.717) is 29.4 Å². The van der Waals surface area contributed by atoms with Gasteiger partial charge in [-0.15, -0.1) is 10.2 Å².